The SMILES string of the molecule is COc1ccc(CC(=O)OCc2csc(-c3ccccc3Cl)n2)cc1OC. The lowest BCUT2D eigenvalue weighted by molar-refractivity contribution is -0.144. The van der Waals surface area contributed by atoms with Gasteiger partial charge in [0.05, 0.1) is 31.4 Å². The quantitative estimate of drug-likeness (QED) is 0.532. The van der Waals surface area contributed by atoms with E-state index < -0.39 is 0 Å². The van der Waals surface area contributed by atoms with Crippen molar-refractivity contribution in [3.05, 3.63) is 64.1 Å². The molecule has 3 rings (SSSR count). The lowest BCUT2D eigenvalue weighted by Crippen LogP contribution is -2.08. The highest BCUT2D eigenvalue weighted by atomic mass is 35.5. The van der Waals surface area contributed by atoms with E-state index in [0.29, 0.717) is 22.2 Å². The zero-order chi connectivity index (χ0) is 19.2. The van der Waals surface area contributed by atoms with Crippen molar-refractivity contribution < 1.29 is 19.0 Å². The molecule has 0 aliphatic carbocycles. The number of esters is 1. The molecule has 0 aliphatic heterocycles. The van der Waals surface area contributed by atoms with Crippen molar-refractivity contribution >= 4 is 28.9 Å². The van der Waals surface area contributed by atoms with Gasteiger partial charge in [0.2, 0.25) is 0 Å². The molecule has 0 unspecified atom stereocenters. The van der Waals surface area contributed by atoms with Gasteiger partial charge >= 0.3 is 5.97 Å². The topological polar surface area (TPSA) is 57.7 Å². The van der Waals surface area contributed by atoms with E-state index in [1.54, 1.807) is 32.4 Å². The van der Waals surface area contributed by atoms with Gasteiger partial charge in [-0.25, -0.2) is 4.98 Å². The molecule has 0 spiro atoms. The van der Waals surface area contributed by atoms with Crippen molar-refractivity contribution in [1.29, 1.82) is 0 Å². The number of nitrogens with zero attached hydrogens (tertiary/aromatic N) is 1. The molecule has 0 fully saturated rings. The van der Waals surface area contributed by atoms with E-state index in [0.717, 1.165) is 16.1 Å². The van der Waals surface area contributed by atoms with Crippen LogP contribution in [0.25, 0.3) is 10.6 Å². The number of carbonyl (C=O) groups excluding carboxylic acids is 1. The third-order valence-electron chi connectivity index (χ3n) is 3.83. The monoisotopic (exact) mass is 403 g/mol. The first-order valence-corrected chi connectivity index (χ1v) is 9.42. The number of carbonyl (C=O) groups is 1. The van der Waals surface area contributed by atoms with Crippen molar-refractivity contribution in [3.8, 4) is 22.1 Å². The summed E-state index contributed by atoms with van der Waals surface area (Å²) in [5, 5.41) is 3.30. The van der Waals surface area contributed by atoms with Crippen molar-refractivity contribution in [1.82, 2.24) is 4.98 Å². The third-order valence-corrected chi connectivity index (χ3v) is 5.09. The van der Waals surface area contributed by atoms with E-state index in [-0.39, 0.29) is 19.0 Å². The average Bonchev–Trinajstić information content (AvgIpc) is 3.15. The van der Waals surface area contributed by atoms with E-state index in [1.165, 1.54) is 11.3 Å². The Balaban J connectivity index is 1.59. The van der Waals surface area contributed by atoms with Crippen LogP contribution in [0.3, 0.4) is 0 Å². The Hall–Kier alpha value is -2.57. The van der Waals surface area contributed by atoms with Crippen molar-refractivity contribution in [2.75, 3.05) is 14.2 Å². The Kier molecular flexibility index (Phi) is 6.32. The fourth-order valence-electron chi connectivity index (χ4n) is 2.49. The number of aromatic nitrogens is 1. The summed E-state index contributed by atoms with van der Waals surface area (Å²) in [6, 6.07) is 12.8. The summed E-state index contributed by atoms with van der Waals surface area (Å²) in [5.74, 6) is 0.852. The molecule has 0 aliphatic rings. The van der Waals surface area contributed by atoms with Crippen molar-refractivity contribution in [2.24, 2.45) is 0 Å². The number of ether oxygens (including phenoxy) is 3. The third kappa shape index (κ3) is 4.78. The second-order valence-electron chi connectivity index (χ2n) is 5.65. The number of benzene rings is 2. The molecule has 0 radical (unpaired) electrons. The summed E-state index contributed by atoms with van der Waals surface area (Å²) < 4.78 is 15.8. The number of rotatable bonds is 7. The van der Waals surface area contributed by atoms with Crippen LogP contribution in [0.15, 0.2) is 47.8 Å². The first kappa shape index (κ1) is 19.2. The Labute approximate surface area is 166 Å². The number of hydrogen-bond acceptors (Lipinski definition) is 6. The van der Waals surface area contributed by atoms with Crippen LogP contribution in [0, 0.1) is 0 Å². The molecule has 0 bridgehead atoms. The number of thiazole rings is 1. The van der Waals surface area contributed by atoms with E-state index in [9.17, 15) is 4.79 Å². The van der Waals surface area contributed by atoms with Gasteiger partial charge in [0.15, 0.2) is 11.5 Å². The summed E-state index contributed by atoms with van der Waals surface area (Å²) in [6.07, 6.45) is 0.141. The fourth-order valence-corrected chi connectivity index (χ4v) is 3.62. The van der Waals surface area contributed by atoms with Crippen molar-refractivity contribution in [2.45, 2.75) is 13.0 Å². The van der Waals surface area contributed by atoms with Gasteiger partial charge in [0.1, 0.15) is 11.6 Å². The van der Waals surface area contributed by atoms with Gasteiger partial charge in [0.25, 0.3) is 0 Å². The maximum absolute atomic E-state index is 12.1. The van der Waals surface area contributed by atoms with Gasteiger partial charge in [-0.3, -0.25) is 4.79 Å². The van der Waals surface area contributed by atoms with E-state index in [2.05, 4.69) is 4.98 Å². The molecule has 140 valence electrons. The summed E-state index contributed by atoms with van der Waals surface area (Å²) in [4.78, 5) is 16.6. The molecule has 5 nitrogen and oxygen atoms in total. The van der Waals surface area contributed by atoms with Gasteiger partial charge in [0, 0.05) is 10.9 Å². The molecule has 1 heterocycles. The summed E-state index contributed by atoms with van der Waals surface area (Å²) in [7, 11) is 3.12. The van der Waals surface area contributed by atoms with Crippen molar-refractivity contribution in [3.63, 3.8) is 0 Å². The van der Waals surface area contributed by atoms with Gasteiger partial charge in [-0.1, -0.05) is 35.9 Å². The minimum Gasteiger partial charge on any atom is -0.493 e. The van der Waals surface area contributed by atoms with Crippen LogP contribution in [0.5, 0.6) is 11.5 Å². The van der Waals surface area contributed by atoms with Crippen LogP contribution in [0.2, 0.25) is 5.02 Å². The van der Waals surface area contributed by atoms with E-state index in [4.69, 9.17) is 25.8 Å². The van der Waals surface area contributed by atoms with Crippen LogP contribution in [0.4, 0.5) is 0 Å². The molecule has 0 N–H and O–H groups in total. The smallest absolute Gasteiger partial charge is 0.310 e. The van der Waals surface area contributed by atoms with Gasteiger partial charge in [-0.05, 0) is 23.8 Å². The second kappa shape index (κ2) is 8.88. The molecule has 27 heavy (non-hydrogen) atoms. The molecule has 0 saturated carbocycles. The lowest BCUT2D eigenvalue weighted by atomic mass is 10.1. The Morgan fingerprint density at radius 1 is 1.11 bits per heavy atom. The number of hydrogen-bond donors (Lipinski definition) is 0. The van der Waals surface area contributed by atoms with Crippen LogP contribution in [-0.2, 0) is 22.6 Å². The predicted molar refractivity (Wildman–Crippen MR) is 106 cm³/mol. The first-order valence-electron chi connectivity index (χ1n) is 8.16. The fraction of sp³-hybridized carbons (Fsp3) is 0.200. The molecule has 0 atom stereocenters. The molecule has 1 aromatic heterocycles. The average molecular weight is 404 g/mol. The van der Waals surface area contributed by atoms with E-state index >= 15 is 0 Å². The largest absolute Gasteiger partial charge is 0.493 e. The molecular weight excluding hydrogens is 386 g/mol. The highest BCUT2D eigenvalue weighted by Crippen LogP contribution is 2.30. The Morgan fingerprint density at radius 2 is 1.89 bits per heavy atom. The zero-order valence-electron chi connectivity index (χ0n) is 14.9. The Bertz CT molecular complexity index is 941. The maximum Gasteiger partial charge on any atom is 0.310 e. The molecular formula is C20H18ClNO4S. The van der Waals surface area contributed by atoms with Gasteiger partial charge in [-0.15, -0.1) is 11.3 Å². The number of methoxy groups -OCH3 is 2. The number of halogens is 1. The van der Waals surface area contributed by atoms with E-state index in [1.807, 2.05) is 29.6 Å². The Morgan fingerprint density at radius 3 is 2.63 bits per heavy atom. The predicted octanol–water partition coefficient (Wildman–Crippen LogP) is 4.77. The highest BCUT2D eigenvalue weighted by molar-refractivity contribution is 7.13. The molecule has 3 aromatic rings. The molecule has 7 heteroatoms. The summed E-state index contributed by atoms with van der Waals surface area (Å²) in [5.41, 5.74) is 2.34. The summed E-state index contributed by atoms with van der Waals surface area (Å²) >= 11 is 7.66. The maximum atomic E-state index is 12.1. The zero-order valence-corrected chi connectivity index (χ0v) is 16.5. The minimum absolute atomic E-state index is 0.118. The van der Waals surface area contributed by atoms with Crippen LogP contribution < -0.4 is 9.47 Å². The van der Waals surface area contributed by atoms with Crippen LogP contribution in [0.1, 0.15) is 11.3 Å². The minimum atomic E-state index is -0.338. The van der Waals surface area contributed by atoms with Gasteiger partial charge < -0.3 is 14.2 Å². The second-order valence-corrected chi connectivity index (χ2v) is 6.92. The first-order chi connectivity index (χ1) is 13.1. The highest BCUT2D eigenvalue weighted by Gasteiger charge is 2.12. The standard InChI is InChI=1S/C20H18ClNO4S/c1-24-17-8-7-13(9-18(17)25-2)10-19(23)26-11-14-12-27-20(22-14)15-5-3-4-6-16(15)21/h3-9,12H,10-11H2,1-2H3. The molecule has 2 aromatic carbocycles. The van der Waals surface area contributed by atoms with Crippen LogP contribution in [-0.4, -0.2) is 25.2 Å². The molecule has 0 saturated heterocycles. The van der Waals surface area contributed by atoms with Gasteiger partial charge in [-0.2, -0.15) is 0 Å². The summed E-state index contributed by atoms with van der Waals surface area (Å²) in [6.45, 7) is 0.118. The lowest BCUT2D eigenvalue weighted by Gasteiger charge is -2.09. The molecule has 0 amide bonds. The van der Waals surface area contributed by atoms with Crippen LogP contribution >= 0.6 is 22.9 Å². The normalized spacial score (nSPS) is 10.5.